The summed E-state index contributed by atoms with van der Waals surface area (Å²) in [4.78, 5) is 61.8. The summed E-state index contributed by atoms with van der Waals surface area (Å²) in [6.45, 7) is 11.4. The number of ether oxygens (including phenoxy) is 4. The molecule has 0 unspecified atom stereocenters. The summed E-state index contributed by atoms with van der Waals surface area (Å²) in [5.74, 6) is -4.58. The number of hydrogen-bond acceptors (Lipinski definition) is 11. The third-order valence-corrected chi connectivity index (χ3v) is 5.93. The van der Waals surface area contributed by atoms with E-state index in [2.05, 4.69) is 0 Å². The van der Waals surface area contributed by atoms with Crippen LogP contribution in [0.15, 0.2) is 18.2 Å². The zero-order chi connectivity index (χ0) is 31.8. The molecule has 0 aromatic heterocycles. The van der Waals surface area contributed by atoms with E-state index >= 15 is 0 Å². The average molecular weight is 583 g/mol. The van der Waals surface area contributed by atoms with Gasteiger partial charge in [-0.05, 0) is 45.9 Å². The second-order valence-corrected chi connectivity index (χ2v) is 12.8. The predicted molar refractivity (Wildman–Crippen MR) is 145 cm³/mol. The largest absolute Gasteiger partial charge is 0.478 e. The van der Waals surface area contributed by atoms with Crippen molar-refractivity contribution in [2.24, 2.45) is 21.7 Å². The number of rotatable bonds is 15. The topological polar surface area (TPSA) is 183 Å². The van der Waals surface area contributed by atoms with Crippen LogP contribution in [0.2, 0.25) is 0 Å². The molecule has 0 fully saturated rings. The van der Waals surface area contributed by atoms with Gasteiger partial charge in [-0.1, -0.05) is 27.7 Å². The van der Waals surface area contributed by atoms with Gasteiger partial charge in [-0.2, -0.15) is 0 Å². The van der Waals surface area contributed by atoms with E-state index in [1.54, 1.807) is 27.7 Å². The minimum absolute atomic E-state index is 0.0499. The van der Waals surface area contributed by atoms with Gasteiger partial charge in [-0.3, -0.25) is 9.59 Å². The van der Waals surface area contributed by atoms with Gasteiger partial charge in [0.2, 0.25) is 0 Å². The summed E-state index contributed by atoms with van der Waals surface area (Å²) in [6.07, 6.45) is 0. The lowest BCUT2D eigenvalue weighted by molar-refractivity contribution is -0.160. The smallest absolute Gasteiger partial charge is 0.338 e. The summed E-state index contributed by atoms with van der Waals surface area (Å²) < 4.78 is 21.0. The molecular weight excluding hydrogens is 540 g/mol. The molecule has 1 aromatic rings. The van der Waals surface area contributed by atoms with Crippen LogP contribution in [0.4, 0.5) is 0 Å². The van der Waals surface area contributed by atoms with Crippen LogP contribution in [0.3, 0.4) is 0 Å². The highest BCUT2D eigenvalue weighted by Crippen LogP contribution is 2.24. The second-order valence-electron chi connectivity index (χ2n) is 12.8. The molecule has 41 heavy (non-hydrogen) atoms. The maximum absolute atomic E-state index is 12.8. The fourth-order valence-corrected chi connectivity index (χ4v) is 2.78. The first kappa shape index (κ1) is 35.5. The van der Waals surface area contributed by atoms with Crippen LogP contribution in [0.1, 0.15) is 86.5 Å². The first-order valence-corrected chi connectivity index (χ1v) is 13.0. The molecule has 12 nitrogen and oxygen atoms in total. The Hall–Kier alpha value is -3.51. The standard InChI is InChI=1S/C29H42O12/c1-26(2,12-30)14-40-25(37)29(7,8)17-39-23(35)20-10-18(21(32)33)9-19(11-20)22(34)38-15-27(3,4)16-41-24(36)28(5,6)13-31/h9-11,30-31H,12-17H2,1-8H3,(H,32,33). The summed E-state index contributed by atoms with van der Waals surface area (Å²) in [5.41, 5.74) is -4.67. The first-order chi connectivity index (χ1) is 18.7. The quantitative estimate of drug-likeness (QED) is 0.203. The number of hydrogen-bond donors (Lipinski definition) is 3. The number of aliphatic hydroxyl groups excluding tert-OH is 2. The number of benzene rings is 1. The zero-order valence-electron chi connectivity index (χ0n) is 25.0. The number of aliphatic hydroxyl groups is 2. The van der Waals surface area contributed by atoms with Crippen LogP contribution in [0.25, 0.3) is 0 Å². The molecule has 0 spiro atoms. The van der Waals surface area contributed by atoms with Gasteiger partial charge in [-0.25, -0.2) is 14.4 Å². The van der Waals surface area contributed by atoms with E-state index in [0.29, 0.717) is 0 Å². The first-order valence-electron chi connectivity index (χ1n) is 13.0. The third kappa shape index (κ3) is 11.1. The van der Waals surface area contributed by atoms with Gasteiger partial charge in [-0.15, -0.1) is 0 Å². The average Bonchev–Trinajstić information content (AvgIpc) is 2.91. The highest BCUT2D eigenvalue weighted by atomic mass is 16.6. The molecule has 0 aliphatic heterocycles. The Morgan fingerprint density at radius 3 is 1.39 bits per heavy atom. The molecule has 0 saturated carbocycles. The van der Waals surface area contributed by atoms with Crippen molar-refractivity contribution in [2.75, 3.05) is 39.6 Å². The van der Waals surface area contributed by atoms with Gasteiger partial charge in [0.25, 0.3) is 0 Å². The van der Waals surface area contributed by atoms with Crippen molar-refractivity contribution in [2.45, 2.75) is 55.4 Å². The van der Waals surface area contributed by atoms with Gasteiger partial charge in [0, 0.05) is 10.8 Å². The molecular formula is C29H42O12. The maximum Gasteiger partial charge on any atom is 0.338 e. The van der Waals surface area contributed by atoms with Gasteiger partial charge in [0.05, 0.1) is 60.6 Å². The van der Waals surface area contributed by atoms with Crippen molar-refractivity contribution in [3.05, 3.63) is 34.9 Å². The van der Waals surface area contributed by atoms with Crippen LogP contribution in [-0.4, -0.2) is 84.8 Å². The highest BCUT2D eigenvalue weighted by Gasteiger charge is 2.34. The molecule has 230 valence electrons. The van der Waals surface area contributed by atoms with Crippen molar-refractivity contribution in [1.82, 2.24) is 0 Å². The zero-order valence-corrected chi connectivity index (χ0v) is 25.0. The lowest BCUT2D eigenvalue weighted by atomic mass is 9.93. The Bertz CT molecular complexity index is 1130. The van der Waals surface area contributed by atoms with Gasteiger partial charge < -0.3 is 34.3 Å². The number of carbonyl (C=O) groups is 5. The lowest BCUT2D eigenvalue weighted by Crippen LogP contribution is -2.35. The molecule has 0 aliphatic rings. The van der Waals surface area contributed by atoms with Crippen molar-refractivity contribution in [3.8, 4) is 0 Å². The number of esters is 4. The molecule has 0 atom stereocenters. The number of carboxylic acids is 1. The molecule has 0 bridgehead atoms. The van der Waals surface area contributed by atoms with Gasteiger partial charge >= 0.3 is 29.8 Å². The molecule has 0 amide bonds. The number of aromatic carboxylic acids is 1. The van der Waals surface area contributed by atoms with E-state index in [1.807, 2.05) is 0 Å². The van der Waals surface area contributed by atoms with Crippen molar-refractivity contribution in [1.29, 1.82) is 0 Å². The fraction of sp³-hybridized carbons (Fsp3) is 0.621. The summed E-state index contributed by atoms with van der Waals surface area (Å²) in [5, 5.41) is 28.1. The van der Waals surface area contributed by atoms with E-state index in [4.69, 9.17) is 18.9 Å². The van der Waals surface area contributed by atoms with Gasteiger partial charge in [0.15, 0.2) is 0 Å². The SMILES string of the molecule is CC(C)(CO)COC(=O)C(C)(C)COC(=O)c1cc(C(=O)O)cc(C(=O)OCC(C)(C)COC(=O)C(C)(C)CO)c1. The van der Waals surface area contributed by atoms with E-state index < -0.39 is 64.7 Å². The molecule has 1 rings (SSSR count). The van der Waals surface area contributed by atoms with E-state index in [-0.39, 0.29) is 43.1 Å². The van der Waals surface area contributed by atoms with Crippen LogP contribution >= 0.6 is 0 Å². The Balaban J connectivity index is 2.95. The molecule has 12 heteroatoms. The number of carboxylic acid groups (broad SMARTS) is 1. The van der Waals surface area contributed by atoms with E-state index in [9.17, 15) is 39.3 Å². The van der Waals surface area contributed by atoms with Crippen molar-refractivity contribution >= 4 is 29.8 Å². The molecule has 0 heterocycles. The Morgan fingerprint density at radius 2 is 0.951 bits per heavy atom. The Morgan fingerprint density at radius 1 is 0.561 bits per heavy atom. The Labute approximate surface area is 239 Å². The van der Waals surface area contributed by atoms with E-state index in [0.717, 1.165) is 18.2 Å². The molecule has 0 radical (unpaired) electrons. The lowest BCUT2D eigenvalue weighted by Gasteiger charge is -2.27. The minimum Gasteiger partial charge on any atom is -0.478 e. The fourth-order valence-electron chi connectivity index (χ4n) is 2.78. The summed E-state index contributed by atoms with van der Waals surface area (Å²) in [6, 6.07) is 3.19. The monoisotopic (exact) mass is 582 g/mol. The molecule has 0 aliphatic carbocycles. The third-order valence-electron chi connectivity index (χ3n) is 5.93. The minimum atomic E-state index is -1.40. The number of carbonyl (C=O) groups excluding carboxylic acids is 4. The van der Waals surface area contributed by atoms with E-state index in [1.165, 1.54) is 27.7 Å². The Kier molecular flexibility index (Phi) is 12.0. The van der Waals surface area contributed by atoms with Crippen molar-refractivity contribution < 1.29 is 58.2 Å². The highest BCUT2D eigenvalue weighted by molar-refractivity contribution is 6.00. The molecule has 1 aromatic carbocycles. The van der Waals surface area contributed by atoms with Crippen LogP contribution in [0.5, 0.6) is 0 Å². The second kappa shape index (κ2) is 13.9. The summed E-state index contributed by atoms with van der Waals surface area (Å²) >= 11 is 0. The summed E-state index contributed by atoms with van der Waals surface area (Å²) in [7, 11) is 0. The van der Waals surface area contributed by atoms with Crippen molar-refractivity contribution in [3.63, 3.8) is 0 Å². The predicted octanol–water partition coefficient (Wildman–Crippen LogP) is 2.87. The maximum atomic E-state index is 12.8. The molecule has 3 N–H and O–H groups in total. The normalized spacial score (nSPS) is 12.3. The van der Waals surface area contributed by atoms with Crippen LogP contribution in [-0.2, 0) is 28.5 Å². The molecule has 0 saturated heterocycles. The van der Waals surface area contributed by atoms with Gasteiger partial charge in [0.1, 0.15) is 6.61 Å². The van der Waals surface area contributed by atoms with Crippen LogP contribution in [0, 0.1) is 21.7 Å². The van der Waals surface area contributed by atoms with Crippen LogP contribution < -0.4 is 0 Å².